The number of fused-ring (bicyclic) bond motifs is 1. The zero-order valence-corrected chi connectivity index (χ0v) is 12.2. The molecule has 2 N–H and O–H groups in total. The van der Waals surface area contributed by atoms with Gasteiger partial charge in [0.25, 0.3) is 0 Å². The highest BCUT2D eigenvalue weighted by Gasteiger charge is 2.28. The number of anilines is 1. The normalized spacial score (nSPS) is 18.6. The lowest BCUT2D eigenvalue weighted by atomic mass is 10.0. The van der Waals surface area contributed by atoms with Gasteiger partial charge in [0.2, 0.25) is 0 Å². The van der Waals surface area contributed by atoms with Gasteiger partial charge in [0.05, 0.1) is 0 Å². The van der Waals surface area contributed by atoms with Gasteiger partial charge in [-0.3, -0.25) is 4.90 Å². The third-order valence-electron chi connectivity index (χ3n) is 3.84. The van der Waals surface area contributed by atoms with E-state index >= 15 is 0 Å². The van der Waals surface area contributed by atoms with E-state index in [0.29, 0.717) is 12.6 Å². The quantitative estimate of drug-likeness (QED) is 0.792. The second-order valence-corrected chi connectivity index (χ2v) is 5.35. The molecule has 1 atom stereocenters. The summed E-state index contributed by atoms with van der Waals surface area (Å²) >= 11 is 0. The van der Waals surface area contributed by atoms with Crippen molar-refractivity contribution < 1.29 is 4.74 Å². The van der Waals surface area contributed by atoms with E-state index < -0.39 is 0 Å². The van der Waals surface area contributed by atoms with Crippen LogP contribution in [-0.4, -0.2) is 45.8 Å². The highest BCUT2D eigenvalue weighted by Crippen LogP contribution is 2.35. The summed E-state index contributed by atoms with van der Waals surface area (Å²) in [5, 5.41) is 0. The molecule has 0 aliphatic carbocycles. The number of rotatable bonds is 6. The minimum atomic E-state index is 0.353. The molecule has 0 fully saturated rings. The molecule has 0 saturated carbocycles. The van der Waals surface area contributed by atoms with Crippen molar-refractivity contribution in [1.29, 1.82) is 0 Å². The molecule has 0 radical (unpaired) electrons. The zero-order valence-electron chi connectivity index (χ0n) is 12.2. The Hall–Kier alpha value is -1.10. The van der Waals surface area contributed by atoms with Crippen LogP contribution in [0.5, 0.6) is 0 Å². The van der Waals surface area contributed by atoms with Gasteiger partial charge in [0, 0.05) is 59.2 Å². The Morgan fingerprint density at radius 1 is 1.42 bits per heavy atom. The number of methoxy groups -OCH3 is 1. The Morgan fingerprint density at radius 3 is 2.84 bits per heavy atom. The molecule has 1 unspecified atom stereocenters. The molecule has 106 valence electrons. The molecule has 1 heterocycles. The predicted octanol–water partition coefficient (Wildman–Crippen LogP) is 1.60. The zero-order chi connectivity index (χ0) is 13.8. The summed E-state index contributed by atoms with van der Waals surface area (Å²) in [4.78, 5) is 4.60. The summed E-state index contributed by atoms with van der Waals surface area (Å²) in [5.41, 5.74) is 10.0. The van der Waals surface area contributed by atoms with Crippen LogP contribution in [0, 0.1) is 0 Å². The molecule has 0 amide bonds. The van der Waals surface area contributed by atoms with Crippen molar-refractivity contribution in [2.24, 2.45) is 5.73 Å². The minimum Gasteiger partial charge on any atom is -0.385 e. The maximum atomic E-state index is 5.98. The highest BCUT2D eigenvalue weighted by molar-refractivity contribution is 5.52. The van der Waals surface area contributed by atoms with E-state index in [1.807, 2.05) is 0 Å². The number of hydrogen-bond acceptors (Lipinski definition) is 4. The van der Waals surface area contributed by atoms with Gasteiger partial charge < -0.3 is 15.4 Å². The van der Waals surface area contributed by atoms with Crippen molar-refractivity contribution in [3.8, 4) is 0 Å². The Kier molecular flexibility index (Phi) is 4.80. The summed E-state index contributed by atoms with van der Waals surface area (Å²) in [6, 6.07) is 7.06. The van der Waals surface area contributed by atoms with Gasteiger partial charge in [-0.1, -0.05) is 6.07 Å². The molecule has 0 saturated heterocycles. The summed E-state index contributed by atoms with van der Waals surface area (Å²) in [5.74, 6) is 0. The highest BCUT2D eigenvalue weighted by atomic mass is 16.5. The molecule has 1 aromatic rings. The Morgan fingerprint density at radius 2 is 2.21 bits per heavy atom. The molecule has 19 heavy (non-hydrogen) atoms. The Bertz CT molecular complexity index is 420. The molecule has 0 spiro atoms. The van der Waals surface area contributed by atoms with Crippen LogP contribution in [-0.2, 0) is 11.3 Å². The molecule has 0 bridgehead atoms. The van der Waals surface area contributed by atoms with E-state index in [2.05, 4.69) is 42.1 Å². The monoisotopic (exact) mass is 263 g/mol. The predicted molar refractivity (Wildman–Crippen MR) is 79.5 cm³/mol. The second kappa shape index (κ2) is 6.37. The van der Waals surface area contributed by atoms with Gasteiger partial charge in [-0.25, -0.2) is 0 Å². The van der Waals surface area contributed by atoms with Crippen LogP contribution in [0.4, 0.5) is 5.69 Å². The minimum absolute atomic E-state index is 0.353. The maximum Gasteiger partial charge on any atom is 0.0478 e. The van der Waals surface area contributed by atoms with E-state index in [9.17, 15) is 0 Å². The van der Waals surface area contributed by atoms with E-state index in [4.69, 9.17) is 10.5 Å². The van der Waals surface area contributed by atoms with Crippen LogP contribution in [0.1, 0.15) is 23.6 Å². The lowest BCUT2D eigenvalue weighted by molar-refractivity contribution is 0.156. The first-order chi connectivity index (χ1) is 9.17. The SMILES string of the molecule is COCCCN1Cc2ccc(N(C)C)cc2C1CN. The number of nitrogens with zero attached hydrogens (tertiary/aromatic N) is 2. The summed E-state index contributed by atoms with van der Waals surface area (Å²) in [6.45, 7) is 3.54. The molecule has 1 aliphatic heterocycles. The maximum absolute atomic E-state index is 5.98. The third kappa shape index (κ3) is 3.08. The van der Waals surface area contributed by atoms with Gasteiger partial charge in [-0.2, -0.15) is 0 Å². The van der Waals surface area contributed by atoms with Crippen LogP contribution in [0.15, 0.2) is 18.2 Å². The lowest BCUT2D eigenvalue weighted by Crippen LogP contribution is -2.29. The molecule has 1 aromatic carbocycles. The molecule has 1 aliphatic rings. The van der Waals surface area contributed by atoms with Gasteiger partial charge >= 0.3 is 0 Å². The first-order valence-electron chi connectivity index (χ1n) is 6.90. The van der Waals surface area contributed by atoms with E-state index in [1.54, 1.807) is 7.11 Å². The van der Waals surface area contributed by atoms with Crippen molar-refractivity contribution >= 4 is 5.69 Å². The summed E-state index contributed by atoms with van der Waals surface area (Å²) in [6.07, 6.45) is 1.06. The molecule has 4 heteroatoms. The topological polar surface area (TPSA) is 41.7 Å². The number of benzene rings is 1. The second-order valence-electron chi connectivity index (χ2n) is 5.35. The van der Waals surface area contributed by atoms with Crippen LogP contribution >= 0.6 is 0 Å². The largest absolute Gasteiger partial charge is 0.385 e. The van der Waals surface area contributed by atoms with Crippen LogP contribution in [0.2, 0.25) is 0 Å². The van der Waals surface area contributed by atoms with E-state index in [0.717, 1.165) is 26.1 Å². The van der Waals surface area contributed by atoms with Gasteiger partial charge in [0.1, 0.15) is 0 Å². The molecule has 2 rings (SSSR count). The number of ether oxygens (including phenoxy) is 1. The van der Waals surface area contributed by atoms with Crippen molar-refractivity contribution in [1.82, 2.24) is 4.90 Å². The van der Waals surface area contributed by atoms with Crippen molar-refractivity contribution in [2.45, 2.75) is 19.0 Å². The van der Waals surface area contributed by atoms with Gasteiger partial charge in [0.15, 0.2) is 0 Å². The van der Waals surface area contributed by atoms with Crippen LogP contribution in [0.25, 0.3) is 0 Å². The molecular formula is C15H25N3O. The van der Waals surface area contributed by atoms with Crippen LogP contribution < -0.4 is 10.6 Å². The summed E-state index contributed by atoms with van der Waals surface area (Å²) in [7, 11) is 5.90. The third-order valence-corrected chi connectivity index (χ3v) is 3.84. The fraction of sp³-hybridized carbons (Fsp3) is 0.600. The van der Waals surface area contributed by atoms with Crippen LogP contribution in [0.3, 0.4) is 0 Å². The Labute approximate surface area is 116 Å². The average molecular weight is 263 g/mol. The van der Waals surface area contributed by atoms with E-state index in [-0.39, 0.29) is 0 Å². The standard InChI is InChI=1S/C15H25N3O/c1-17(2)13-6-5-12-11-18(7-4-8-19-3)15(10-16)14(12)9-13/h5-6,9,15H,4,7-8,10-11,16H2,1-3H3. The van der Waals surface area contributed by atoms with Gasteiger partial charge in [-0.05, 0) is 29.7 Å². The average Bonchev–Trinajstić information content (AvgIpc) is 2.75. The first-order valence-corrected chi connectivity index (χ1v) is 6.90. The van der Waals surface area contributed by atoms with Crippen molar-refractivity contribution in [3.05, 3.63) is 29.3 Å². The fourth-order valence-corrected chi connectivity index (χ4v) is 2.76. The van der Waals surface area contributed by atoms with Crippen molar-refractivity contribution in [2.75, 3.05) is 45.8 Å². The molecular weight excluding hydrogens is 238 g/mol. The van der Waals surface area contributed by atoms with Crippen molar-refractivity contribution in [3.63, 3.8) is 0 Å². The lowest BCUT2D eigenvalue weighted by Gasteiger charge is -2.24. The number of nitrogens with two attached hydrogens (primary N) is 1. The number of hydrogen-bond donors (Lipinski definition) is 1. The first kappa shape index (κ1) is 14.3. The molecule has 4 nitrogen and oxygen atoms in total. The summed E-state index contributed by atoms with van der Waals surface area (Å²) < 4.78 is 5.13. The molecule has 0 aromatic heterocycles. The van der Waals surface area contributed by atoms with Gasteiger partial charge in [-0.15, -0.1) is 0 Å². The smallest absolute Gasteiger partial charge is 0.0478 e. The van der Waals surface area contributed by atoms with E-state index in [1.165, 1.54) is 16.8 Å². The Balaban J connectivity index is 2.13. The fourth-order valence-electron chi connectivity index (χ4n) is 2.76.